The summed E-state index contributed by atoms with van der Waals surface area (Å²) in [5.41, 5.74) is 0.932. The second-order valence-electron chi connectivity index (χ2n) is 2.74. The topological polar surface area (TPSA) is 55.1 Å². The number of hydrogen-bond donors (Lipinski definition) is 1. The molecule has 1 aliphatic rings. The molecule has 0 unspecified atom stereocenters. The second kappa shape index (κ2) is 2.48. The van der Waals surface area contributed by atoms with Gasteiger partial charge in [-0.2, -0.15) is 5.10 Å². The minimum atomic E-state index is -0.983. The Morgan fingerprint density at radius 1 is 1.67 bits per heavy atom. The van der Waals surface area contributed by atoms with Gasteiger partial charge in [0, 0.05) is 6.54 Å². The molecule has 0 fully saturated rings. The smallest absolute Gasteiger partial charge is 0.340 e. The van der Waals surface area contributed by atoms with E-state index in [9.17, 15) is 4.79 Å². The van der Waals surface area contributed by atoms with Gasteiger partial charge in [0.2, 0.25) is 0 Å². The molecule has 0 atom stereocenters. The van der Waals surface area contributed by atoms with Gasteiger partial charge in [0.05, 0.1) is 5.69 Å². The van der Waals surface area contributed by atoms with Crippen molar-refractivity contribution in [1.82, 2.24) is 9.78 Å². The monoisotopic (exact) mass is 186 g/mol. The van der Waals surface area contributed by atoms with Crippen LogP contribution in [0, 0.1) is 0 Å². The summed E-state index contributed by atoms with van der Waals surface area (Å²) in [6.07, 6.45) is 1.72. The van der Waals surface area contributed by atoms with Gasteiger partial charge < -0.3 is 5.11 Å². The van der Waals surface area contributed by atoms with E-state index in [0.29, 0.717) is 0 Å². The Labute approximate surface area is 73.8 Å². The number of carboxylic acid groups (broad SMARTS) is 1. The summed E-state index contributed by atoms with van der Waals surface area (Å²) in [5.74, 6) is -0.983. The first-order valence-electron chi connectivity index (χ1n) is 3.68. The average molecular weight is 187 g/mol. The zero-order chi connectivity index (χ0) is 8.72. The largest absolute Gasteiger partial charge is 0.478 e. The molecule has 0 spiro atoms. The van der Waals surface area contributed by atoms with E-state index in [0.717, 1.165) is 25.1 Å². The molecule has 2 rings (SSSR count). The molecule has 4 nitrogen and oxygen atoms in total. The summed E-state index contributed by atoms with van der Waals surface area (Å²) in [5, 5.41) is 12.8. The summed E-state index contributed by atoms with van der Waals surface area (Å²) in [4.78, 5) is 10.7. The lowest BCUT2D eigenvalue weighted by Crippen LogP contribution is -2.00. The van der Waals surface area contributed by atoms with Gasteiger partial charge in [0.25, 0.3) is 0 Å². The summed E-state index contributed by atoms with van der Waals surface area (Å²) in [6.45, 7) is 0.780. The van der Waals surface area contributed by atoms with Crippen molar-refractivity contribution in [1.29, 1.82) is 0 Å². The molecule has 1 aromatic rings. The van der Waals surface area contributed by atoms with Crippen LogP contribution >= 0.6 is 11.6 Å². The molecule has 0 saturated carbocycles. The van der Waals surface area contributed by atoms with Gasteiger partial charge in [0.1, 0.15) is 5.56 Å². The van der Waals surface area contributed by atoms with Gasteiger partial charge in [-0.05, 0) is 12.8 Å². The quantitative estimate of drug-likeness (QED) is 0.717. The Hall–Kier alpha value is -1.03. The van der Waals surface area contributed by atoms with E-state index >= 15 is 0 Å². The first-order valence-corrected chi connectivity index (χ1v) is 4.06. The van der Waals surface area contributed by atoms with Crippen molar-refractivity contribution < 1.29 is 9.90 Å². The van der Waals surface area contributed by atoms with E-state index in [1.54, 1.807) is 4.68 Å². The fraction of sp³-hybridized carbons (Fsp3) is 0.429. The van der Waals surface area contributed by atoms with Crippen LogP contribution in [0.4, 0.5) is 0 Å². The molecule has 0 amide bonds. The average Bonchev–Trinajstić information content (AvgIpc) is 2.44. The molecule has 0 radical (unpaired) electrons. The van der Waals surface area contributed by atoms with Crippen molar-refractivity contribution in [3.05, 3.63) is 16.4 Å². The fourth-order valence-corrected chi connectivity index (χ4v) is 1.79. The van der Waals surface area contributed by atoms with Crippen LogP contribution in [0.15, 0.2) is 0 Å². The number of hydrogen-bond acceptors (Lipinski definition) is 2. The Morgan fingerprint density at radius 2 is 2.42 bits per heavy atom. The molecule has 1 aromatic heterocycles. The van der Waals surface area contributed by atoms with Crippen molar-refractivity contribution in [2.75, 3.05) is 0 Å². The lowest BCUT2D eigenvalue weighted by molar-refractivity contribution is 0.0696. The summed E-state index contributed by atoms with van der Waals surface area (Å²) < 4.78 is 1.67. The van der Waals surface area contributed by atoms with Crippen LogP contribution in [0.3, 0.4) is 0 Å². The van der Waals surface area contributed by atoms with E-state index in [4.69, 9.17) is 16.7 Å². The number of carbonyl (C=O) groups is 1. The van der Waals surface area contributed by atoms with Crippen LogP contribution in [-0.2, 0) is 13.0 Å². The van der Waals surface area contributed by atoms with Crippen molar-refractivity contribution in [3.8, 4) is 0 Å². The van der Waals surface area contributed by atoms with Gasteiger partial charge >= 0.3 is 5.97 Å². The minimum absolute atomic E-state index is 0.109. The second-order valence-corrected chi connectivity index (χ2v) is 3.10. The lowest BCUT2D eigenvalue weighted by Gasteiger charge is -1.92. The van der Waals surface area contributed by atoms with E-state index in [1.165, 1.54) is 0 Å². The van der Waals surface area contributed by atoms with E-state index in [2.05, 4.69) is 5.10 Å². The van der Waals surface area contributed by atoms with Gasteiger partial charge in [-0.3, -0.25) is 4.68 Å². The van der Waals surface area contributed by atoms with Crippen LogP contribution in [-0.4, -0.2) is 20.9 Å². The van der Waals surface area contributed by atoms with Crippen LogP contribution in [0.1, 0.15) is 22.5 Å². The molecule has 5 heteroatoms. The summed E-state index contributed by atoms with van der Waals surface area (Å²) in [7, 11) is 0. The van der Waals surface area contributed by atoms with E-state index in [-0.39, 0.29) is 10.7 Å². The summed E-state index contributed by atoms with van der Waals surface area (Å²) in [6, 6.07) is 0. The van der Waals surface area contributed by atoms with Crippen molar-refractivity contribution >= 4 is 17.6 Å². The number of fused-ring (bicyclic) bond motifs is 1. The number of rotatable bonds is 1. The molecule has 1 aliphatic heterocycles. The maximum absolute atomic E-state index is 10.7. The van der Waals surface area contributed by atoms with Crippen LogP contribution in [0.25, 0.3) is 0 Å². The molecular weight excluding hydrogens is 180 g/mol. The molecule has 64 valence electrons. The number of aryl methyl sites for hydroxylation is 1. The first-order chi connectivity index (χ1) is 5.70. The van der Waals surface area contributed by atoms with Gasteiger partial charge in [-0.15, -0.1) is 0 Å². The zero-order valence-electron chi connectivity index (χ0n) is 6.25. The number of halogens is 1. The number of nitrogens with zero attached hydrogens (tertiary/aromatic N) is 2. The summed E-state index contributed by atoms with van der Waals surface area (Å²) >= 11 is 5.65. The molecule has 1 N–H and O–H groups in total. The predicted molar refractivity (Wildman–Crippen MR) is 42.5 cm³/mol. The van der Waals surface area contributed by atoms with Crippen molar-refractivity contribution in [3.63, 3.8) is 0 Å². The van der Waals surface area contributed by atoms with Gasteiger partial charge in [-0.25, -0.2) is 4.79 Å². The maximum Gasteiger partial charge on any atom is 0.340 e. The third kappa shape index (κ3) is 0.914. The highest BCUT2D eigenvalue weighted by atomic mass is 35.5. The number of carboxylic acids is 1. The SMILES string of the molecule is O=C(O)c1c(Cl)nn2c1CCC2. The molecular formula is C7H7ClN2O2. The van der Waals surface area contributed by atoms with Crippen LogP contribution in [0.2, 0.25) is 5.15 Å². The van der Waals surface area contributed by atoms with Gasteiger partial charge in [0.15, 0.2) is 5.15 Å². The Morgan fingerprint density at radius 3 is 3.08 bits per heavy atom. The number of aromatic nitrogens is 2. The highest BCUT2D eigenvalue weighted by Crippen LogP contribution is 2.24. The first kappa shape index (κ1) is 7.61. The van der Waals surface area contributed by atoms with Gasteiger partial charge in [-0.1, -0.05) is 11.6 Å². The number of aromatic carboxylic acids is 1. The Bertz CT molecular complexity index is 345. The minimum Gasteiger partial charge on any atom is -0.478 e. The normalized spacial score (nSPS) is 14.8. The maximum atomic E-state index is 10.7. The predicted octanol–water partition coefficient (Wildman–Crippen LogP) is 1.18. The van der Waals surface area contributed by atoms with E-state index in [1.807, 2.05) is 0 Å². The van der Waals surface area contributed by atoms with Crippen LogP contribution in [0.5, 0.6) is 0 Å². The molecule has 0 saturated heterocycles. The molecule has 12 heavy (non-hydrogen) atoms. The Balaban J connectivity index is 2.59. The van der Waals surface area contributed by atoms with Crippen molar-refractivity contribution in [2.45, 2.75) is 19.4 Å². The lowest BCUT2D eigenvalue weighted by atomic mass is 10.2. The van der Waals surface area contributed by atoms with Crippen molar-refractivity contribution in [2.24, 2.45) is 0 Å². The highest BCUT2D eigenvalue weighted by molar-refractivity contribution is 6.32. The molecule has 0 aromatic carbocycles. The third-order valence-corrected chi connectivity index (χ3v) is 2.28. The fourth-order valence-electron chi connectivity index (χ4n) is 1.51. The van der Waals surface area contributed by atoms with E-state index < -0.39 is 5.97 Å². The highest BCUT2D eigenvalue weighted by Gasteiger charge is 2.24. The van der Waals surface area contributed by atoms with Crippen LogP contribution < -0.4 is 0 Å². The molecule has 2 heterocycles. The zero-order valence-corrected chi connectivity index (χ0v) is 7.01. The third-order valence-electron chi connectivity index (χ3n) is 2.01. The Kier molecular flexibility index (Phi) is 1.58. The standard InChI is InChI=1S/C7H7ClN2O2/c8-6-5(7(11)12)4-2-1-3-10(4)9-6/h1-3H2,(H,11,12). The molecule has 0 aliphatic carbocycles. The molecule has 0 bridgehead atoms.